The van der Waals surface area contributed by atoms with Crippen molar-refractivity contribution in [3.8, 4) is 0 Å². The second kappa shape index (κ2) is 8.64. The molecule has 1 aromatic heterocycles. The van der Waals surface area contributed by atoms with Gasteiger partial charge >= 0.3 is 6.03 Å². The molecule has 0 saturated heterocycles. The van der Waals surface area contributed by atoms with Crippen LogP contribution in [0.3, 0.4) is 0 Å². The Morgan fingerprint density at radius 1 is 1.11 bits per heavy atom. The number of fused-ring (bicyclic) bond motifs is 1. The molecule has 0 aliphatic heterocycles. The minimum absolute atomic E-state index is 0.0915. The van der Waals surface area contributed by atoms with E-state index in [1.54, 1.807) is 23.3 Å². The number of amides is 3. The lowest BCUT2D eigenvalue weighted by molar-refractivity contribution is -0.114. The molecule has 0 fully saturated rings. The summed E-state index contributed by atoms with van der Waals surface area (Å²) < 4.78 is 1.13. The van der Waals surface area contributed by atoms with Crippen molar-refractivity contribution in [3.05, 3.63) is 59.1 Å². The molecular formula is C20H22N4O2S. The predicted molar refractivity (Wildman–Crippen MR) is 109 cm³/mol. The van der Waals surface area contributed by atoms with Gasteiger partial charge in [-0.3, -0.25) is 4.79 Å². The van der Waals surface area contributed by atoms with Gasteiger partial charge in [-0.05, 0) is 36.2 Å². The van der Waals surface area contributed by atoms with E-state index >= 15 is 0 Å². The summed E-state index contributed by atoms with van der Waals surface area (Å²) in [6.45, 7) is 2.51. The molecular weight excluding hydrogens is 360 g/mol. The largest absolute Gasteiger partial charge is 0.338 e. The number of hydrogen-bond acceptors (Lipinski definition) is 4. The lowest BCUT2D eigenvalue weighted by atomic mass is 10.1. The Morgan fingerprint density at radius 2 is 1.85 bits per heavy atom. The van der Waals surface area contributed by atoms with Crippen molar-refractivity contribution in [2.45, 2.75) is 19.9 Å². The van der Waals surface area contributed by atoms with Gasteiger partial charge in [-0.15, -0.1) is 11.3 Å². The van der Waals surface area contributed by atoms with Crippen LogP contribution >= 0.6 is 11.3 Å². The Bertz CT molecular complexity index is 904. The van der Waals surface area contributed by atoms with E-state index in [0.29, 0.717) is 13.1 Å². The van der Waals surface area contributed by atoms with Crippen LogP contribution in [0.25, 0.3) is 10.2 Å². The number of para-hydroxylation sites is 1. The average molecular weight is 382 g/mol. The highest BCUT2D eigenvalue weighted by atomic mass is 32.1. The van der Waals surface area contributed by atoms with E-state index in [2.05, 4.69) is 15.6 Å². The first-order chi connectivity index (χ1) is 13.0. The Morgan fingerprint density at radius 3 is 2.56 bits per heavy atom. The van der Waals surface area contributed by atoms with Gasteiger partial charge in [-0.1, -0.05) is 24.3 Å². The molecule has 7 heteroatoms. The monoisotopic (exact) mass is 382 g/mol. The maximum Gasteiger partial charge on any atom is 0.317 e. The van der Waals surface area contributed by atoms with Crippen LogP contribution in [0.15, 0.2) is 48.5 Å². The van der Waals surface area contributed by atoms with Crippen molar-refractivity contribution in [2.24, 2.45) is 0 Å². The smallest absolute Gasteiger partial charge is 0.317 e. The molecule has 2 N–H and O–H groups in total. The van der Waals surface area contributed by atoms with Gasteiger partial charge < -0.3 is 15.5 Å². The topological polar surface area (TPSA) is 74.3 Å². The predicted octanol–water partition coefficient (Wildman–Crippen LogP) is 3.64. The molecule has 0 spiro atoms. The molecule has 3 aromatic rings. The summed E-state index contributed by atoms with van der Waals surface area (Å²) in [5, 5.41) is 6.58. The summed E-state index contributed by atoms with van der Waals surface area (Å²) in [5.41, 5.74) is 2.83. The number of carbonyl (C=O) groups excluding carboxylic acids is 2. The molecule has 0 saturated carbocycles. The lowest BCUT2D eigenvalue weighted by Crippen LogP contribution is -2.37. The first kappa shape index (κ1) is 18.8. The third-order valence-corrected chi connectivity index (χ3v) is 5.04. The minimum atomic E-state index is -0.121. The van der Waals surface area contributed by atoms with Crippen molar-refractivity contribution >= 4 is 39.2 Å². The fraction of sp³-hybridized carbons (Fsp3) is 0.250. The van der Waals surface area contributed by atoms with Crippen LogP contribution in [0, 0.1) is 0 Å². The number of anilines is 1. The number of aromatic nitrogens is 1. The zero-order valence-electron chi connectivity index (χ0n) is 15.4. The zero-order chi connectivity index (χ0) is 19.2. The third-order valence-electron chi connectivity index (χ3n) is 4.02. The number of urea groups is 1. The quantitative estimate of drug-likeness (QED) is 0.683. The van der Waals surface area contributed by atoms with E-state index in [1.807, 2.05) is 48.5 Å². The molecule has 27 heavy (non-hydrogen) atoms. The molecule has 0 bridgehead atoms. The van der Waals surface area contributed by atoms with Crippen LogP contribution in [0.1, 0.15) is 17.5 Å². The summed E-state index contributed by atoms with van der Waals surface area (Å²) in [6, 6.07) is 15.5. The maximum atomic E-state index is 12.3. The van der Waals surface area contributed by atoms with E-state index in [9.17, 15) is 9.59 Å². The van der Waals surface area contributed by atoms with Gasteiger partial charge in [0.15, 0.2) is 0 Å². The summed E-state index contributed by atoms with van der Waals surface area (Å²) in [5.74, 6) is -0.0915. The third kappa shape index (κ3) is 5.27. The highest BCUT2D eigenvalue weighted by molar-refractivity contribution is 7.18. The van der Waals surface area contributed by atoms with E-state index in [0.717, 1.165) is 32.9 Å². The number of carbonyl (C=O) groups is 2. The zero-order valence-corrected chi connectivity index (χ0v) is 16.2. The highest BCUT2D eigenvalue weighted by Crippen LogP contribution is 2.22. The SMILES string of the molecule is CC(=O)Nc1ccc(CCNC(=O)N(C)Cc2nc3ccccc3s2)cc1. The number of nitrogens with zero attached hydrogens (tertiary/aromatic N) is 2. The van der Waals surface area contributed by atoms with Gasteiger partial charge in [-0.2, -0.15) is 0 Å². The molecule has 3 amide bonds. The normalized spacial score (nSPS) is 10.6. The fourth-order valence-corrected chi connectivity index (χ4v) is 3.69. The summed E-state index contributed by atoms with van der Waals surface area (Å²) >= 11 is 1.61. The van der Waals surface area contributed by atoms with Gasteiger partial charge in [0.2, 0.25) is 5.91 Å². The molecule has 3 rings (SSSR count). The van der Waals surface area contributed by atoms with Crippen molar-refractivity contribution in [3.63, 3.8) is 0 Å². The van der Waals surface area contributed by atoms with Crippen LogP contribution in [0.5, 0.6) is 0 Å². The molecule has 0 aliphatic carbocycles. The summed E-state index contributed by atoms with van der Waals surface area (Å²) in [4.78, 5) is 29.5. The number of nitrogens with one attached hydrogen (secondary N) is 2. The van der Waals surface area contributed by atoms with Gasteiger partial charge in [-0.25, -0.2) is 9.78 Å². The molecule has 1 heterocycles. The number of rotatable bonds is 6. The molecule has 0 unspecified atom stereocenters. The lowest BCUT2D eigenvalue weighted by Gasteiger charge is -2.16. The van der Waals surface area contributed by atoms with E-state index in [-0.39, 0.29) is 11.9 Å². The first-order valence-corrected chi connectivity index (χ1v) is 9.53. The summed E-state index contributed by atoms with van der Waals surface area (Å²) in [7, 11) is 1.77. The number of thiazole rings is 1. The second-order valence-electron chi connectivity index (χ2n) is 6.29. The van der Waals surface area contributed by atoms with Gasteiger partial charge in [0.25, 0.3) is 0 Å². The molecule has 0 aliphatic rings. The van der Waals surface area contributed by atoms with E-state index in [1.165, 1.54) is 6.92 Å². The molecule has 2 aromatic carbocycles. The van der Waals surface area contributed by atoms with Crippen molar-refractivity contribution < 1.29 is 9.59 Å². The minimum Gasteiger partial charge on any atom is -0.338 e. The van der Waals surface area contributed by atoms with Gasteiger partial charge in [0.05, 0.1) is 16.8 Å². The van der Waals surface area contributed by atoms with Crippen molar-refractivity contribution in [2.75, 3.05) is 18.9 Å². The van der Waals surface area contributed by atoms with Gasteiger partial charge in [0.1, 0.15) is 5.01 Å². The van der Waals surface area contributed by atoms with Crippen LogP contribution in [0.4, 0.5) is 10.5 Å². The first-order valence-electron chi connectivity index (χ1n) is 8.71. The van der Waals surface area contributed by atoms with Crippen LogP contribution in [-0.2, 0) is 17.8 Å². The molecule has 6 nitrogen and oxygen atoms in total. The standard InChI is InChI=1S/C20H22N4O2S/c1-14(25)22-16-9-7-15(8-10-16)11-12-21-20(26)24(2)13-19-23-17-5-3-4-6-18(17)27-19/h3-10H,11-13H2,1-2H3,(H,21,26)(H,22,25). The molecule has 0 atom stereocenters. The van der Waals surface area contributed by atoms with Crippen molar-refractivity contribution in [1.82, 2.24) is 15.2 Å². The maximum absolute atomic E-state index is 12.3. The number of benzene rings is 2. The van der Waals surface area contributed by atoms with Crippen LogP contribution in [0.2, 0.25) is 0 Å². The second-order valence-corrected chi connectivity index (χ2v) is 7.41. The molecule has 140 valence electrons. The van der Waals surface area contributed by atoms with E-state index < -0.39 is 0 Å². The number of hydrogen-bond donors (Lipinski definition) is 2. The Kier molecular flexibility index (Phi) is 6.03. The van der Waals surface area contributed by atoms with Crippen molar-refractivity contribution in [1.29, 1.82) is 0 Å². The average Bonchev–Trinajstić information content (AvgIpc) is 3.04. The molecule has 0 radical (unpaired) electrons. The Labute approximate surface area is 162 Å². The van der Waals surface area contributed by atoms with Crippen LogP contribution in [-0.4, -0.2) is 35.4 Å². The Hall–Kier alpha value is -2.93. The van der Waals surface area contributed by atoms with Gasteiger partial charge in [0, 0.05) is 26.2 Å². The highest BCUT2D eigenvalue weighted by Gasteiger charge is 2.11. The fourth-order valence-electron chi connectivity index (χ4n) is 2.67. The Balaban J connectivity index is 1.46. The summed E-state index contributed by atoms with van der Waals surface area (Å²) in [6.07, 6.45) is 0.723. The van der Waals surface area contributed by atoms with E-state index in [4.69, 9.17) is 0 Å². The van der Waals surface area contributed by atoms with Crippen LogP contribution < -0.4 is 10.6 Å².